The van der Waals surface area contributed by atoms with Crippen molar-refractivity contribution in [3.05, 3.63) is 45.8 Å². The normalized spacial score (nSPS) is 11.3. The van der Waals surface area contributed by atoms with Crippen molar-refractivity contribution in [1.29, 1.82) is 5.26 Å². The molecule has 0 saturated heterocycles. The molecule has 0 bridgehead atoms. The number of aromatic nitrogens is 1. The van der Waals surface area contributed by atoms with Crippen LogP contribution in [0.2, 0.25) is 5.02 Å². The predicted octanol–water partition coefficient (Wildman–Crippen LogP) is 2.30. The maximum absolute atomic E-state index is 12.2. The van der Waals surface area contributed by atoms with Gasteiger partial charge >= 0.3 is 0 Å². The molecule has 0 saturated carbocycles. The predicted molar refractivity (Wildman–Crippen MR) is 76.2 cm³/mol. The Bertz CT molecular complexity index is 802. The van der Waals surface area contributed by atoms with Gasteiger partial charge in [0.15, 0.2) is 0 Å². The number of sulfonamides is 1. The van der Waals surface area contributed by atoms with E-state index in [1.54, 1.807) is 13.8 Å². The first-order valence-corrected chi connectivity index (χ1v) is 7.82. The quantitative estimate of drug-likeness (QED) is 0.930. The molecule has 0 amide bonds. The molecule has 8 heteroatoms. The Balaban J connectivity index is 2.23. The van der Waals surface area contributed by atoms with Gasteiger partial charge in [0.2, 0.25) is 10.0 Å². The minimum Gasteiger partial charge on any atom is -0.361 e. The standard InChI is InChI=1S/C13H12ClN3O3S/c1-8-12(9(2)20-17-8)7-16-21(18,19)11-4-3-10(6-15)13(14)5-11/h3-5,16H,7H2,1-2H3. The maximum atomic E-state index is 12.2. The van der Waals surface area contributed by atoms with E-state index in [0.717, 1.165) is 0 Å². The fourth-order valence-corrected chi connectivity index (χ4v) is 3.07. The van der Waals surface area contributed by atoms with Gasteiger partial charge in [-0.2, -0.15) is 5.26 Å². The van der Waals surface area contributed by atoms with Crippen LogP contribution in [0.5, 0.6) is 0 Å². The van der Waals surface area contributed by atoms with E-state index in [1.807, 2.05) is 6.07 Å². The van der Waals surface area contributed by atoms with Gasteiger partial charge < -0.3 is 4.52 Å². The second-order valence-corrected chi connectivity index (χ2v) is 6.55. The fraction of sp³-hybridized carbons (Fsp3) is 0.231. The molecule has 110 valence electrons. The van der Waals surface area contributed by atoms with Crippen molar-refractivity contribution in [3.63, 3.8) is 0 Å². The monoisotopic (exact) mass is 325 g/mol. The third kappa shape index (κ3) is 3.24. The zero-order valence-electron chi connectivity index (χ0n) is 11.3. The third-order valence-electron chi connectivity index (χ3n) is 2.99. The number of benzene rings is 1. The molecule has 1 aromatic carbocycles. The van der Waals surface area contributed by atoms with Crippen LogP contribution in [0.15, 0.2) is 27.6 Å². The van der Waals surface area contributed by atoms with Crippen LogP contribution in [0.3, 0.4) is 0 Å². The lowest BCUT2D eigenvalue weighted by Gasteiger charge is -2.07. The van der Waals surface area contributed by atoms with E-state index in [1.165, 1.54) is 18.2 Å². The largest absolute Gasteiger partial charge is 0.361 e. The molecular formula is C13H12ClN3O3S. The van der Waals surface area contributed by atoms with Crippen molar-refractivity contribution < 1.29 is 12.9 Å². The number of nitriles is 1. The molecule has 2 rings (SSSR count). The number of nitrogens with zero attached hydrogens (tertiary/aromatic N) is 2. The SMILES string of the molecule is Cc1noc(C)c1CNS(=O)(=O)c1ccc(C#N)c(Cl)c1. The Morgan fingerprint density at radius 2 is 2.14 bits per heavy atom. The van der Waals surface area contributed by atoms with E-state index in [-0.39, 0.29) is 22.0 Å². The Morgan fingerprint density at radius 3 is 2.67 bits per heavy atom. The lowest BCUT2D eigenvalue weighted by molar-refractivity contribution is 0.392. The lowest BCUT2D eigenvalue weighted by atomic mass is 10.2. The van der Waals surface area contributed by atoms with Gasteiger partial charge in [0.25, 0.3) is 0 Å². The molecule has 21 heavy (non-hydrogen) atoms. The van der Waals surface area contributed by atoms with E-state index in [0.29, 0.717) is 17.0 Å². The van der Waals surface area contributed by atoms with Crippen molar-refractivity contribution in [2.24, 2.45) is 0 Å². The molecule has 0 unspecified atom stereocenters. The Hall–Kier alpha value is -1.88. The van der Waals surface area contributed by atoms with Crippen LogP contribution < -0.4 is 4.72 Å². The molecule has 0 aliphatic carbocycles. The van der Waals surface area contributed by atoms with Crippen LogP contribution in [0.1, 0.15) is 22.6 Å². The Labute approximate surface area is 127 Å². The van der Waals surface area contributed by atoms with E-state index in [9.17, 15) is 8.42 Å². The molecule has 0 spiro atoms. The van der Waals surface area contributed by atoms with Crippen LogP contribution >= 0.6 is 11.6 Å². The lowest BCUT2D eigenvalue weighted by Crippen LogP contribution is -2.23. The molecule has 0 aliphatic heterocycles. The highest BCUT2D eigenvalue weighted by Gasteiger charge is 2.18. The summed E-state index contributed by atoms with van der Waals surface area (Å²) < 4.78 is 31.8. The number of halogens is 1. The van der Waals surface area contributed by atoms with Gasteiger partial charge in [-0.3, -0.25) is 0 Å². The van der Waals surface area contributed by atoms with E-state index in [2.05, 4.69) is 9.88 Å². The number of hydrogen-bond acceptors (Lipinski definition) is 5. The molecule has 0 atom stereocenters. The topological polar surface area (TPSA) is 96.0 Å². The molecule has 1 N–H and O–H groups in total. The number of nitrogens with one attached hydrogen (secondary N) is 1. The van der Waals surface area contributed by atoms with Crippen LogP contribution in [0, 0.1) is 25.2 Å². The Morgan fingerprint density at radius 1 is 1.43 bits per heavy atom. The summed E-state index contributed by atoms with van der Waals surface area (Å²) in [4.78, 5) is -0.00161. The summed E-state index contributed by atoms with van der Waals surface area (Å²) in [5, 5.41) is 12.6. The van der Waals surface area contributed by atoms with Crippen LogP contribution in [0.4, 0.5) is 0 Å². The van der Waals surface area contributed by atoms with Crippen molar-refractivity contribution in [1.82, 2.24) is 9.88 Å². The minimum atomic E-state index is -3.73. The molecule has 0 radical (unpaired) electrons. The van der Waals surface area contributed by atoms with E-state index in [4.69, 9.17) is 21.4 Å². The summed E-state index contributed by atoms with van der Waals surface area (Å²) in [6.07, 6.45) is 0. The van der Waals surface area contributed by atoms with Crippen molar-refractivity contribution in [3.8, 4) is 6.07 Å². The summed E-state index contributed by atoms with van der Waals surface area (Å²) in [7, 11) is -3.73. The second kappa shape index (κ2) is 5.85. The fourth-order valence-electron chi connectivity index (χ4n) is 1.76. The van der Waals surface area contributed by atoms with Gasteiger partial charge in [-0.25, -0.2) is 13.1 Å². The summed E-state index contributed by atoms with van der Waals surface area (Å²) in [5.41, 5.74) is 1.55. The highest BCUT2D eigenvalue weighted by Crippen LogP contribution is 2.20. The van der Waals surface area contributed by atoms with Crippen LogP contribution in [-0.4, -0.2) is 13.6 Å². The van der Waals surface area contributed by atoms with Crippen LogP contribution in [0.25, 0.3) is 0 Å². The van der Waals surface area contributed by atoms with Gasteiger partial charge in [0, 0.05) is 12.1 Å². The van der Waals surface area contributed by atoms with Crippen molar-refractivity contribution in [2.45, 2.75) is 25.3 Å². The summed E-state index contributed by atoms with van der Waals surface area (Å²) in [5.74, 6) is 0.563. The molecule has 1 aromatic heterocycles. The summed E-state index contributed by atoms with van der Waals surface area (Å²) >= 11 is 5.85. The summed E-state index contributed by atoms with van der Waals surface area (Å²) in [6, 6.07) is 5.82. The number of rotatable bonds is 4. The molecule has 0 aliphatic rings. The van der Waals surface area contributed by atoms with E-state index < -0.39 is 10.0 Å². The third-order valence-corrected chi connectivity index (χ3v) is 4.70. The molecular weight excluding hydrogens is 314 g/mol. The number of aryl methyl sites for hydroxylation is 2. The smallest absolute Gasteiger partial charge is 0.240 e. The Kier molecular flexibility index (Phi) is 4.32. The first kappa shape index (κ1) is 15.5. The average Bonchev–Trinajstić information content (AvgIpc) is 2.76. The molecule has 6 nitrogen and oxygen atoms in total. The van der Waals surface area contributed by atoms with Gasteiger partial charge in [-0.05, 0) is 32.0 Å². The van der Waals surface area contributed by atoms with Crippen LogP contribution in [-0.2, 0) is 16.6 Å². The van der Waals surface area contributed by atoms with Gasteiger partial charge in [0.05, 0.1) is 21.2 Å². The molecule has 2 aromatic rings. The van der Waals surface area contributed by atoms with Gasteiger partial charge in [-0.1, -0.05) is 16.8 Å². The molecule has 1 heterocycles. The molecule has 0 fully saturated rings. The minimum absolute atomic E-state index is 0.00161. The summed E-state index contributed by atoms with van der Waals surface area (Å²) in [6.45, 7) is 3.52. The first-order valence-electron chi connectivity index (χ1n) is 5.96. The average molecular weight is 326 g/mol. The maximum Gasteiger partial charge on any atom is 0.240 e. The first-order chi connectivity index (χ1) is 9.85. The zero-order chi connectivity index (χ0) is 15.6. The highest BCUT2D eigenvalue weighted by molar-refractivity contribution is 7.89. The van der Waals surface area contributed by atoms with Crippen molar-refractivity contribution >= 4 is 21.6 Å². The van der Waals surface area contributed by atoms with E-state index >= 15 is 0 Å². The van der Waals surface area contributed by atoms with Crippen molar-refractivity contribution in [2.75, 3.05) is 0 Å². The highest BCUT2D eigenvalue weighted by atomic mass is 35.5. The zero-order valence-corrected chi connectivity index (χ0v) is 12.9. The van der Waals surface area contributed by atoms with Gasteiger partial charge in [0.1, 0.15) is 11.8 Å². The second-order valence-electron chi connectivity index (χ2n) is 4.38. The number of hydrogen-bond donors (Lipinski definition) is 1. The van der Waals surface area contributed by atoms with Gasteiger partial charge in [-0.15, -0.1) is 0 Å².